The lowest BCUT2D eigenvalue weighted by atomic mass is 9.92. The van der Waals surface area contributed by atoms with Crippen molar-refractivity contribution < 1.29 is 4.79 Å². The van der Waals surface area contributed by atoms with Crippen molar-refractivity contribution in [2.24, 2.45) is 0 Å². The number of hydrogen-bond acceptors (Lipinski definition) is 1. The van der Waals surface area contributed by atoms with Crippen LogP contribution in [-0.2, 0) is 4.79 Å². The molecule has 1 nitrogen and oxygen atoms in total. The monoisotopic (exact) mass is 296 g/mol. The molecular weight excluding hydrogens is 280 g/mol. The summed E-state index contributed by atoms with van der Waals surface area (Å²) in [4.78, 5) is 12.9. The lowest BCUT2D eigenvalue weighted by Crippen LogP contribution is -2.08. The van der Waals surface area contributed by atoms with Gasteiger partial charge in [-0.2, -0.15) is 0 Å². The summed E-state index contributed by atoms with van der Waals surface area (Å²) >= 11 is 0. The second-order valence-electron chi connectivity index (χ2n) is 5.75. The van der Waals surface area contributed by atoms with Crippen LogP contribution in [0.15, 0.2) is 84.9 Å². The van der Waals surface area contributed by atoms with Crippen molar-refractivity contribution in [1.29, 1.82) is 0 Å². The van der Waals surface area contributed by atoms with Gasteiger partial charge in [0.15, 0.2) is 5.78 Å². The van der Waals surface area contributed by atoms with Crippen LogP contribution in [0.25, 0.3) is 17.2 Å². The van der Waals surface area contributed by atoms with E-state index in [-0.39, 0.29) is 11.7 Å². The summed E-state index contributed by atoms with van der Waals surface area (Å²) in [7, 11) is 0. The van der Waals surface area contributed by atoms with Crippen LogP contribution in [-0.4, -0.2) is 5.78 Å². The molecule has 0 saturated carbocycles. The average molecular weight is 296 g/mol. The van der Waals surface area contributed by atoms with Crippen LogP contribution in [0, 0.1) is 0 Å². The first-order valence-electron chi connectivity index (χ1n) is 7.80. The minimum absolute atomic E-state index is 0.131. The highest BCUT2D eigenvalue weighted by molar-refractivity contribution is 6.05. The van der Waals surface area contributed by atoms with E-state index in [4.69, 9.17) is 0 Å². The van der Waals surface area contributed by atoms with Gasteiger partial charge in [0, 0.05) is 0 Å². The van der Waals surface area contributed by atoms with E-state index in [0.717, 1.165) is 16.7 Å². The Kier molecular flexibility index (Phi) is 3.39. The topological polar surface area (TPSA) is 17.1 Å². The molecule has 0 amide bonds. The molecule has 4 rings (SSSR count). The summed E-state index contributed by atoms with van der Waals surface area (Å²) in [5, 5.41) is 0. The fraction of sp³-hybridized carbons (Fsp3) is 0.0455. The van der Waals surface area contributed by atoms with E-state index in [2.05, 4.69) is 24.3 Å². The smallest absolute Gasteiger partial charge is 0.167 e. The predicted molar refractivity (Wildman–Crippen MR) is 94.2 cm³/mol. The van der Waals surface area contributed by atoms with Gasteiger partial charge >= 0.3 is 0 Å². The number of ketones is 1. The summed E-state index contributed by atoms with van der Waals surface area (Å²) in [6.07, 6.45) is 3.60. The molecular formula is C22H16O. The number of rotatable bonds is 3. The summed E-state index contributed by atoms with van der Waals surface area (Å²) in [5.74, 6) is -0.0615. The number of benzene rings is 3. The highest BCUT2D eigenvalue weighted by Crippen LogP contribution is 2.45. The Balaban J connectivity index is 1.74. The first-order valence-corrected chi connectivity index (χ1v) is 7.80. The van der Waals surface area contributed by atoms with Gasteiger partial charge in [0.2, 0.25) is 0 Å². The van der Waals surface area contributed by atoms with E-state index in [1.165, 1.54) is 11.1 Å². The van der Waals surface area contributed by atoms with Crippen LogP contribution in [0.2, 0.25) is 0 Å². The van der Waals surface area contributed by atoms with Gasteiger partial charge in [0.05, 0.1) is 5.92 Å². The van der Waals surface area contributed by atoms with Crippen LogP contribution in [0.5, 0.6) is 0 Å². The second-order valence-corrected chi connectivity index (χ2v) is 5.75. The van der Waals surface area contributed by atoms with E-state index < -0.39 is 0 Å². The van der Waals surface area contributed by atoms with Gasteiger partial charge < -0.3 is 0 Å². The third-order valence-electron chi connectivity index (χ3n) is 4.36. The van der Waals surface area contributed by atoms with Crippen molar-refractivity contribution in [3.63, 3.8) is 0 Å². The van der Waals surface area contributed by atoms with Gasteiger partial charge in [-0.3, -0.25) is 4.79 Å². The van der Waals surface area contributed by atoms with Gasteiger partial charge in [-0.1, -0.05) is 84.9 Å². The van der Waals surface area contributed by atoms with Crippen molar-refractivity contribution in [2.45, 2.75) is 5.92 Å². The van der Waals surface area contributed by atoms with Gasteiger partial charge in [-0.25, -0.2) is 0 Å². The van der Waals surface area contributed by atoms with Crippen molar-refractivity contribution in [1.82, 2.24) is 0 Å². The minimum Gasteiger partial charge on any atom is -0.294 e. The largest absolute Gasteiger partial charge is 0.294 e. The fourth-order valence-corrected chi connectivity index (χ4v) is 3.30. The average Bonchev–Trinajstić information content (AvgIpc) is 2.95. The van der Waals surface area contributed by atoms with Crippen LogP contribution in [0.1, 0.15) is 22.6 Å². The Morgan fingerprint density at radius 3 is 1.83 bits per heavy atom. The number of fused-ring (bicyclic) bond motifs is 3. The van der Waals surface area contributed by atoms with Crippen molar-refractivity contribution >= 4 is 11.9 Å². The first kappa shape index (κ1) is 13.7. The van der Waals surface area contributed by atoms with Gasteiger partial charge in [-0.05, 0) is 33.9 Å². The number of hydrogen-bond donors (Lipinski definition) is 0. The van der Waals surface area contributed by atoms with Crippen molar-refractivity contribution in [3.8, 4) is 11.1 Å². The zero-order valence-electron chi connectivity index (χ0n) is 12.6. The molecule has 0 aromatic heterocycles. The summed E-state index contributed by atoms with van der Waals surface area (Å²) in [5.41, 5.74) is 5.61. The van der Waals surface area contributed by atoms with Crippen LogP contribution < -0.4 is 0 Å². The Labute approximate surface area is 135 Å². The molecule has 1 aliphatic carbocycles. The van der Waals surface area contributed by atoms with Crippen LogP contribution >= 0.6 is 0 Å². The van der Waals surface area contributed by atoms with Crippen LogP contribution in [0.3, 0.4) is 0 Å². The first-order chi connectivity index (χ1) is 11.3. The van der Waals surface area contributed by atoms with Crippen LogP contribution in [0.4, 0.5) is 0 Å². The highest BCUT2D eigenvalue weighted by atomic mass is 16.1. The molecule has 0 unspecified atom stereocenters. The normalized spacial score (nSPS) is 13.0. The van der Waals surface area contributed by atoms with Gasteiger partial charge in [0.1, 0.15) is 0 Å². The summed E-state index contributed by atoms with van der Waals surface area (Å²) < 4.78 is 0. The fourth-order valence-electron chi connectivity index (χ4n) is 3.30. The van der Waals surface area contributed by atoms with Crippen molar-refractivity contribution in [3.05, 3.63) is 102 Å². The third-order valence-corrected chi connectivity index (χ3v) is 4.36. The number of carbonyl (C=O) groups is 1. The molecule has 3 aromatic carbocycles. The maximum Gasteiger partial charge on any atom is 0.167 e. The molecule has 0 bridgehead atoms. The molecule has 0 saturated heterocycles. The molecule has 0 spiro atoms. The Morgan fingerprint density at radius 1 is 0.696 bits per heavy atom. The second kappa shape index (κ2) is 5.69. The molecule has 0 N–H and O–H groups in total. The lowest BCUT2D eigenvalue weighted by Gasteiger charge is -2.09. The predicted octanol–water partition coefficient (Wildman–Crippen LogP) is 5.08. The van der Waals surface area contributed by atoms with E-state index in [9.17, 15) is 4.79 Å². The molecule has 3 aromatic rings. The molecule has 0 fully saturated rings. The quantitative estimate of drug-likeness (QED) is 0.616. The highest BCUT2D eigenvalue weighted by Gasteiger charge is 2.31. The van der Waals surface area contributed by atoms with Gasteiger partial charge in [-0.15, -0.1) is 0 Å². The van der Waals surface area contributed by atoms with E-state index >= 15 is 0 Å². The Hall–Kier alpha value is -2.93. The maximum atomic E-state index is 12.9. The number of allylic oxidation sites excluding steroid dienone is 1. The molecule has 0 aliphatic heterocycles. The molecule has 110 valence electrons. The minimum atomic E-state index is -0.192. The molecule has 1 aliphatic rings. The summed E-state index contributed by atoms with van der Waals surface area (Å²) in [6, 6.07) is 26.3. The van der Waals surface area contributed by atoms with Crippen molar-refractivity contribution in [2.75, 3.05) is 0 Å². The van der Waals surface area contributed by atoms with Gasteiger partial charge in [0.25, 0.3) is 0 Å². The molecule has 23 heavy (non-hydrogen) atoms. The summed E-state index contributed by atoms with van der Waals surface area (Å²) in [6.45, 7) is 0. The molecule has 1 heteroatoms. The SMILES string of the molecule is O=C(/C=C/c1ccccc1)C1c2ccccc2-c2ccccc21. The molecule has 0 atom stereocenters. The molecule has 0 radical (unpaired) electrons. The maximum absolute atomic E-state index is 12.9. The Bertz CT molecular complexity index is 845. The van der Waals surface area contributed by atoms with E-state index in [1.807, 2.05) is 60.7 Å². The lowest BCUT2D eigenvalue weighted by molar-refractivity contribution is -0.115. The zero-order valence-corrected chi connectivity index (χ0v) is 12.6. The number of carbonyl (C=O) groups excluding carboxylic acids is 1. The molecule has 0 heterocycles. The standard InChI is InChI=1S/C22H16O/c23-21(15-14-16-8-2-1-3-9-16)22-19-12-6-4-10-17(19)18-11-5-7-13-20(18)22/h1-15,22H/b15-14+. The Morgan fingerprint density at radius 2 is 1.22 bits per heavy atom. The third kappa shape index (κ3) is 2.40. The van der Waals surface area contributed by atoms with E-state index in [0.29, 0.717) is 0 Å². The zero-order chi connectivity index (χ0) is 15.6. The van der Waals surface area contributed by atoms with E-state index in [1.54, 1.807) is 6.08 Å².